The largest absolute Gasteiger partial charge is 0.461 e. The number of likely N-dealkylation sites (N-methyl/N-ethyl adjacent to an activating group) is 1. The van der Waals surface area contributed by atoms with Gasteiger partial charge in [0.05, 0.1) is 12.6 Å². The number of esters is 1. The molecule has 0 radical (unpaired) electrons. The lowest BCUT2D eigenvalue weighted by Crippen LogP contribution is -2.49. The molecule has 222 valence electrons. The van der Waals surface area contributed by atoms with Crippen LogP contribution in [-0.4, -0.2) is 65.2 Å². The Morgan fingerprint density at radius 2 is 1.64 bits per heavy atom. The van der Waals surface area contributed by atoms with E-state index in [1.54, 1.807) is 45.0 Å². The zero-order valence-corrected chi connectivity index (χ0v) is 24.8. The standard InChI is InChI=1S/C29H35N7O5S/c1-5-16-42(31,40)27-32-24(30)23-25(33-27)35(18-21-14-10-7-11-15-21)29(39)36(23)28(38)34(4)22(26(37)41-19(2)3)17-20-12-8-6-9-13-20/h6-15,19,22,31H,5,16-18H2,1-4H3,(H2,30,32,33). The molecule has 2 aromatic heterocycles. The molecule has 1 amide bonds. The topological polar surface area (TPSA) is 166 Å². The number of amides is 1. The summed E-state index contributed by atoms with van der Waals surface area (Å²) in [6, 6.07) is 16.3. The monoisotopic (exact) mass is 593 g/mol. The predicted octanol–water partition coefficient (Wildman–Crippen LogP) is 3.50. The van der Waals surface area contributed by atoms with Crippen molar-refractivity contribution in [2.75, 3.05) is 18.5 Å². The van der Waals surface area contributed by atoms with Gasteiger partial charge in [0, 0.05) is 19.2 Å². The van der Waals surface area contributed by atoms with Gasteiger partial charge < -0.3 is 15.4 Å². The Labute approximate surface area is 244 Å². The maximum Gasteiger partial charge on any atom is 0.339 e. The lowest BCUT2D eigenvalue weighted by Gasteiger charge is -2.27. The van der Waals surface area contributed by atoms with Gasteiger partial charge in [0.2, 0.25) is 5.16 Å². The zero-order chi connectivity index (χ0) is 30.6. The number of nitrogens with two attached hydrogens (primary N) is 1. The van der Waals surface area contributed by atoms with E-state index in [1.165, 1.54) is 11.6 Å². The Balaban J connectivity index is 1.89. The Morgan fingerprint density at radius 1 is 1.05 bits per heavy atom. The predicted molar refractivity (Wildman–Crippen MR) is 160 cm³/mol. The van der Waals surface area contributed by atoms with Crippen molar-refractivity contribution in [2.45, 2.75) is 57.5 Å². The Morgan fingerprint density at radius 3 is 2.21 bits per heavy atom. The highest BCUT2D eigenvalue weighted by Gasteiger charge is 2.34. The first-order valence-corrected chi connectivity index (χ1v) is 15.3. The minimum Gasteiger partial charge on any atom is -0.461 e. The molecule has 0 aliphatic heterocycles. The molecule has 2 unspecified atom stereocenters. The summed E-state index contributed by atoms with van der Waals surface area (Å²) in [4.78, 5) is 50.8. The number of nitrogens with zero attached hydrogens (tertiary/aromatic N) is 5. The first kappa shape index (κ1) is 30.4. The van der Waals surface area contributed by atoms with Gasteiger partial charge in [0.15, 0.2) is 11.5 Å². The van der Waals surface area contributed by atoms with Crippen molar-refractivity contribution >= 4 is 38.7 Å². The van der Waals surface area contributed by atoms with Gasteiger partial charge in [0.25, 0.3) is 0 Å². The van der Waals surface area contributed by atoms with Crippen molar-refractivity contribution in [1.29, 1.82) is 4.78 Å². The van der Waals surface area contributed by atoms with Crippen LogP contribution in [0.25, 0.3) is 11.2 Å². The van der Waals surface area contributed by atoms with E-state index in [1.807, 2.05) is 36.4 Å². The van der Waals surface area contributed by atoms with Crippen molar-refractivity contribution < 1.29 is 18.5 Å². The highest BCUT2D eigenvalue weighted by molar-refractivity contribution is 7.92. The van der Waals surface area contributed by atoms with Crippen LogP contribution in [0.15, 0.2) is 70.6 Å². The van der Waals surface area contributed by atoms with E-state index in [0.717, 1.165) is 20.6 Å². The van der Waals surface area contributed by atoms with Gasteiger partial charge in [-0.1, -0.05) is 67.6 Å². The SMILES string of the molecule is CCCS(=N)(=O)c1nc(N)c2c(n1)n(Cc1ccccc1)c(=O)n2C(=O)N(C)C(Cc1ccccc1)C(=O)OC(C)C. The molecule has 0 bridgehead atoms. The summed E-state index contributed by atoms with van der Waals surface area (Å²) in [5, 5.41) is -0.309. The summed E-state index contributed by atoms with van der Waals surface area (Å²) in [5.41, 5.74) is 6.91. The maximum atomic E-state index is 14.1. The molecule has 2 heterocycles. The number of ether oxygens (including phenoxy) is 1. The summed E-state index contributed by atoms with van der Waals surface area (Å²) in [7, 11) is -2.00. The molecule has 3 N–H and O–H groups in total. The number of hydrogen-bond acceptors (Lipinski definition) is 9. The second-order valence-corrected chi connectivity index (χ2v) is 12.3. The normalized spacial score (nSPS) is 13.5. The molecule has 0 spiro atoms. The minimum atomic E-state index is -3.41. The Bertz CT molecular complexity index is 1750. The molecule has 2 aromatic carbocycles. The Kier molecular flexibility index (Phi) is 9.10. The molecule has 0 fully saturated rings. The fraction of sp³-hybridized carbons (Fsp3) is 0.345. The van der Waals surface area contributed by atoms with Gasteiger partial charge in [-0.15, -0.1) is 0 Å². The van der Waals surface area contributed by atoms with E-state index >= 15 is 0 Å². The third-order valence-electron chi connectivity index (χ3n) is 6.60. The summed E-state index contributed by atoms with van der Waals surface area (Å²) < 4.78 is 28.9. The van der Waals surface area contributed by atoms with Crippen LogP contribution in [0.3, 0.4) is 0 Å². The van der Waals surface area contributed by atoms with Gasteiger partial charge in [-0.05, 0) is 31.4 Å². The van der Waals surface area contributed by atoms with Crippen LogP contribution in [0.1, 0.15) is 38.3 Å². The van der Waals surface area contributed by atoms with Gasteiger partial charge in [-0.3, -0.25) is 4.57 Å². The van der Waals surface area contributed by atoms with Crippen molar-refractivity contribution in [2.24, 2.45) is 0 Å². The quantitative estimate of drug-likeness (QED) is 0.208. The summed E-state index contributed by atoms with van der Waals surface area (Å²) in [5.74, 6) is -0.908. The molecular formula is C29H35N7O5S. The number of nitrogen functional groups attached to an aromatic ring is 1. The number of carbonyl (C=O) groups is 2. The maximum absolute atomic E-state index is 14.1. The molecular weight excluding hydrogens is 558 g/mol. The van der Waals surface area contributed by atoms with Crippen molar-refractivity contribution in [3.8, 4) is 0 Å². The third kappa shape index (κ3) is 6.35. The molecule has 4 rings (SSSR count). The number of nitrogens with one attached hydrogen (secondary N) is 1. The number of imidazole rings is 1. The van der Waals surface area contributed by atoms with E-state index in [0.29, 0.717) is 6.42 Å². The molecule has 4 aromatic rings. The van der Waals surface area contributed by atoms with Crippen LogP contribution in [0, 0.1) is 4.78 Å². The van der Waals surface area contributed by atoms with Crippen LogP contribution in [0.5, 0.6) is 0 Å². The number of benzene rings is 2. The fourth-order valence-electron chi connectivity index (χ4n) is 4.58. The van der Waals surface area contributed by atoms with Crippen LogP contribution >= 0.6 is 0 Å². The fourth-order valence-corrected chi connectivity index (χ4v) is 5.82. The number of hydrogen-bond donors (Lipinski definition) is 2. The lowest BCUT2D eigenvalue weighted by atomic mass is 10.1. The smallest absolute Gasteiger partial charge is 0.339 e. The van der Waals surface area contributed by atoms with E-state index in [2.05, 4.69) is 9.97 Å². The second-order valence-electron chi connectivity index (χ2n) is 10.2. The average Bonchev–Trinajstić information content (AvgIpc) is 3.23. The first-order valence-electron chi connectivity index (χ1n) is 13.5. The highest BCUT2D eigenvalue weighted by Crippen LogP contribution is 2.23. The summed E-state index contributed by atoms with van der Waals surface area (Å²) in [6.45, 7) is 5.22. The van der Waals surface area contributed by atoms with Crippen LogP contribution in [-0.2, 0) is 32.2 Å². The van der Waals surface area contributed by atoms with E-state index in [-0.39, 0.29) is 40.9 Å². The molecule has 2 atom stereocenters. The van der Waals surface area contributed by atoms with Crippen LogP contribution < -0.4 is 11.4 Å². The van der Waals surface area contributed by atoms with Gasteiger partial charge in [-0.2, -0.15) is 4.98 Å². The minimum absolute atomic E-state index is 0.00235. The molecule has 0 saturated carbocycles. The number of carbonyl (C=O) groups excluding carboxylic acids is 2. The van der Waals surface area contributed by atoms with E-state index < -0.39 is 39.6 Å². The molecule has 0 aliphatic carbocycles. The van der Waals surface area contributed by atoms with Crippen molar-refractivity contribution in [1.82, 2.24) is 24.0 Å². The summed E-state index contributed by atoms with van der Waals surface area (Å²) in [6.07, 6.45) is 0.153. The van der Waals surface area contributed by atoms with Gasteiger partial charge in [-0.25, -0.2) is 32.9 Å². The van der Waals surface area contributed by atoms with Gasteiger partial charge in [0.1, 0.15) is 21.3 Å². The number of aromatic nitrogens is 4. The van der Waals surface area contributed by atoms with Crippen molar-refractivity contribution in [3.63, 3.8) is 0 Å². The first-order chi connectivity index (χ1) is 19.9. The van der Waals surface area contributed by atoms with Crippen LogP contribution in [0.2, 0.25) is 0 Å². The molecule has 0 aliphatic rings. The Hall–Kier alpha value is -4.52. The third-order valence-corrected chi connectivity index (χ3v) is 8.36. The number of anilines is 1. The molecule has 42 heavy (non-hydrogen) atoms. The van der Waals surface area contributed by atoms with E-state index in [9.17, 15) is 18.6 Å². The summed E-state index contributed by atoms with van der Waals surface area (Å²) >= 11 is 0. The van der Waals surface area contributed by atoms with Gasteiger partial charge >= 0.3 is 17.7 Å². The van der Waals surface area contributed by atoms with Crippen molar-refractivity contribution in [3.05, 3.63) is 82.3 Å². The molecule has 13 heteroatoms. The average molecular weight is 594 g/mol. The highest BCUT2D eigenvalue weighted by atomic mass is 32.2. The second kappa shape index (κ2) is 12.6. The number of rotatable bonds is 10. The molecule has 0 saturated heterocycles. The zero-order valence-electron chi connectivity index (χ0n) is 24.0. The number of fused-ring (bicyclic) bond motifs is 1. The van der Waals surface area contributed by atoms with Crippen LogP contribution in [0.4, 0.5) is 10.6 Å². The molecule has 12 nitrogen and oxygen atoms in total. The van der Waals surface area contributed by atoms with E-state index in [4.69, 9.17) is 15.3 Å². The lowest BCUT2D eigenvalue weighted by molar-refractivity contribution is -0.152.